The monoisotopic (exact) mass is 487 g/mol. The fourth-order valence-corrected chi connectivity index (χ4v) is 3.97. The molecule has 1 atom stereocenters. The zero-order chi connectivity index (χ0) is 23.5. The van der Waals surface area contributed by atoms with Crippen molar-refractivity contribution < 1.29 is 14.3 Å². The van der Waals surface area contributed by atoms with E-state index in [2.05, 4.69) is 25.9 Å². The SMILES string of the molecule is CCOc1ccc(NC(=O)C2CC(=O)Nc3nc(Nc4cc(Cl)cc(Cl)c4)[nH]c(=O)c32)cc1. The van der Waals surface area contributed by atoms with Crippen LogP contribution in [-0.2, 0) is 9.59 Å². The van der Waals surface area contributed by atoms with Crippen LogP contribution in [-0.4, -0.2) is 28.4 Å². The molecule has 0 saturated carbocycles. The van der Waals surface area contributed by atoms with Gasteiger partial charge in [0.15, 0.2) is 0 Å². The van der Waals surface area contributed by atoms with Crippen LogP contribution in [0.15, 0.2) is 47.3 Å². The zero-order valence-electron chi connectivity index (χ0n) is 17.4. The first-order chi connectivity index (χ1) is 15.8. The summed E-state index contributed by atoms with van der Waals surface area (Å²) in [7, 11) is 0. The maximum Gasteiger partial charge on any atom is 0.258 e. The molecule has 3 aromatic rings. The van der Waals surface area contributed by atoms with Gasteiger partial charge in [0, 0.05) is 27.8 Å². The van der Waals surface area contributed by atoms with Gasteiger partial charge >= 0.3 is 0 Å². The average molecular weight is 488 g/mol. The number of carbonyl (C=O) groups excluding carboxylic acids is 2. The van der Waals surface area contributed by atoms with Crippen LogP contribution < -0.4 is 26.2 Å². The van der Waals surface area contributed by atoms with E-state index in [0.717, 1.165) is 0 Å². The molecule has 1 unspecified atom stereocenters. The second-order valence-electron chi connectivity index (χ2n) is 7.21. The number of hydrogen-bond acceptors (Lipinski definition) is 6. The Morgan fingerprint density at radius 2 is 1.82 bits per heavy atom. The summed E-state index contributed by atoms with van der Waals surface area (Å²) in [5.74, 6) is -1.19. The molecule has 0 bridgehead atoms. The largest absolute Gasteiger partial charge is 0.494 e. The Bertz CT molecular complexity index is 1260. The van der Waals surface area contributed by atoms with Crippen molar-refractivity contribution >= 4 is 58.2 Å². The molecular weight excluding hydrogens is 469 g/mol. The molecule has 1 aliphatic rings. The highest BCUT2D eigenvalue weighted by molar-refractivity contribution is 6.35. The number of carbonyl (C=O) groups is 2. The molecule has 0 saturated heterocycles. The Kier molecular flexibility index (Phi) is 6.52. The molecule has 4 rings (SSSR count). The van der Waals surface area contributed by atoms with Crippen LogP contribution in [0.1, 0.15) is 24.8 Å². The number of hydrogen-bond donors (Lipinski definition) is 4. The lowest BCUT2D eigenvalue weighted by Gasteiger charge is -2.23. The molecule has 0 radical (unpaired) electrons. The number of nitrogens with one attached hydrogen (secondary N) is 4. The maximum atomic E-state index is 12.9. The number of amides is 2. The second kappa shape index (κ2) is 9.51. The van der Waals surface area contributed by atoms with E-state index < -0.39 is 23.3 Å². The van der Waals surface area contributed by atoms with Gasteiger partial charge < -0.3 is 20.7 Å². The van der Waals surface area contributed by atoms with Gasteiger partial charge in [-0.05, 0) is 49.4 Å². The Morgan fingerprint density at radius 3 is 2.48 bits per heavy atom. The van der Waals surface area contributed by atoms with Gasteiger partial charge in [0.05, 0.1) is 18.1 Å². The molecule has 4 N–H and O–H groups in total. The molecule has 170 valence electrons. The van der Waals surface area contributed by atoms with Gasteiger partial charge in [-0.1, -0.05) is 23.2 Å². The normalized spacial score (nSPS) is 14.8. The Hall–Kier alpha value is -3.56. The number of benzene rings is 2. The molecule has 9 nitrogen and oxygen atoms in total. The summed E-state index contributed by atoms with van der Waals surface area (Å²) in [6.45, 7) is 2.40. The fourth-order valence-electron chi connectivity index (χ4n) is 3.45. The third kappa shape index (κ3) is 5.27. The van der Waals surface area contributed by atoms with Crippen molar-refractivity contribution in [1.82, 2.24) is 9.97 Å². The van der Waals surface area contributed by atoms with E-state index in [1.54, 1.807) is 42.5 Å². The summed E-state index contributed by atoms with van der Waals surface area (Å²) in [4.78, 5) is 44.9. The molecule has 0 spiro atoms. The van der Waals surface area contributed by atoms with Gasteiger partial charge in [-0.3, -0.25) is 19.4 Å². The van der Waals surface area contributed by atoms with Crippen LogP contribution in [0.4, 0.5) is 23.1 Å². The summed E-state index contributed by atoms with van der Waals surface area (Å²) in [6.07, 6.45) is -0.183. The quantitative estimate of drug-likeness (QED) is 0.411. The maximum absolute atomic E-state index is 12.9. The van der Waals surface area contributed by atoms with E-state index >= 15 is 0 Å². The molecule has 11 heteroatoms. The Morgan fingerprint density at radius 1 is 1.12 bits per heavy atom. The highest BCUT2D eigenvalue weighted by atomic mass is 35.5. The summed E-state index contributed by atoms with van der Waals surface area (Å²) in [5.41, 5.74) is 0.522. The molecular formula is C22H19Cl2N5O4. The van der Waals surface area contributed by atoms with Gasteiger partial charge in [0.25, 0.3) is 5.56 Å². The van der Waals surface area contributed by atoms with Gasteiger partial charge in [-0.2, -0.15) is 4.98 Å². The van der Waals surface area contributed by atoms with Crippen molar-refractivity contribution in [3.8, 4) is 5.75 Å². The van der Waals surface area contributed by atoms with Crippen LogP contribution in [0.25, 0.3) is 0 Å². The lowest BCUT2D eigenvalue weighted by Crippen LogP contribution is -2.36. The summed E-state index contributed by atoms with van der Waals surface area (Å²) >= 11 is 12.0. The molecule has 0 fully saturated rings. The number of rotatable bonds is 6. The predicted octanol–water partition coefficient (Wildman–Crippen LogP) is 4.28. The number of nitrogens with zero attached hydrogens (tertiary/aromatic N) is 1. The number of aromatic amines is 1. The van der Waals surface area contributed by atoms with E-state index in [1.165, 1.54) is 0 Å². The van der Waals surface area contributed by atoms with Gasteiger partial charge in [-0.15, -0.1) is 0 Å². The van der Waals surface area contributed by atoms with Crippen molar-refractivity contribution in [1.29, 1.82) is 0 Å². The summed E-state index contributed by atoms with van der Waals surface area (Å²) in [5, 5.41) is 8.98. The van der Waals surface area contributed by atoms with Crippen molar-refractivity contribution in [3.63, 3.8) is 0 Å². The van der Waals surface area contributed by atoms with Crippen LogP contribution >= 0.6 is 23.2 Å². The molecule has 0 aliphatic carbocycles. The Balaban J connectivity index is 1.59. The van der Waals surface area contributed by atoms with E-state index in [-0.39, 0.29) is 23.8 Å². The lowest BCUT2D eigenvalue weighted by atomic mass is 9.92. The van der Waals surface area contributed by atoms with Crippen molar-refractivity contribution in [2.45, 2.75) is 19.3 Å². The first-order valence-electron chi connectivity index (χ1n) is 10.0. The smallest absolute Gasteiger partial charge is 0.258 e. The number of halogens is 2. The minimum absolute atomic E-state index is 0.0115. The standard InChI is InChI=1S/C22H19Cl2N5O4/c1-2-33-15-5-3-13(4-6-15)25-20(31)16-10-17(30)27-19-18(16)21(32)29-22(28-19)26-14-8-11(23)7-12(24)9-14/h3-9,16H,2,10H2,1H3,(H,25,31)(H3,26,27,28,29,30,32). The predicted molar refractivity (Wildman–Crippen MR) is 127 cm³/mol. The summed E-state index contributed by atoms with van der Waals surface area (Å²) in [6, 6.07) is 11.5. The third-order valence-corrected chi connectivity index (χ3v) is 5.26. The van der Waals surface area contributed by atoms with E-state index in [4.69, 9.17) is 27.9 Å². The second-order valence-corrected chi connectivity index (χ2v) is 8.08. The lowest BCUT2D eigenvalue weighted by molar-refractivity contribution is -0.123. The molecule has 33 heavy (non-hydrogen) atoms. The van der Waals surface area contributed by atoms with Crippen molar-refractivity contribution in [3.05, 3.63) is 68.4 Å². The van der Waals surface area contributed by atoms with E-state index in [1.807, 2.05) is 6.92 Å². The summed E-state index contributed by atoms with van der Waals surface area (Å²) < 4.78 is 5.39. The highest BCUT2D eigenvalue weighted by Gasteiger charge is 2.34. The topological polar surface area (TPSA) is 125 Å². The number of H-pyrrole nitrogens is 1. The first kappa shape index (κ1) is 22.6. The highest BCUT2D eigenvalue weighted by Crippen LogP contribution is 2.31. The van der Waals surface area contributed by atoms with Crippen molar-refractivity contribution in [2.24, 2.45) is 0 Å². The van der Waals surface area contributed by atoms with E-state index in [0.29, 0.717) is 33.8 Å². The van der Waals surface area contributed by atoms with Crippen LogP contribution in [0.3, 0.4) is 0 Å². The molecule has 1 aliphatic heterocycles. The number of fused-ring (bicyclic) bond motifs is 1. The number of ether oxygens (including phenoxy) is 1. The zero-order valence-corrected chi connectivity index (χ0v) is 18.9. The van der Waals surface area contributed by atoms with Gasteiger partial charge in [0.2, 0.25) is 17.8 Å². The van der Waals surface area contributed by atoms with Crippen LogP contribution in [0, 0.1) is 0 Å². The average Bonchev–Trinajstić information content (AvgIpc) is 2.73. The number of aromatic nitrogens is 2. The van der Waals surface area contributed by atoms with Crippen LogP contribution in [0.5, 0.6) is 5.75 Å². The van der Waals surface area contributed by atoms with E-state index in [9.17, 15) is 14.4 Å². The molecule has 2 aromatic carbocycles. The Labute approximate surface area is 198 Å². The van der Waals surface area contributed by atoms with Crippen LogP contribution in [0.2, 0.25) is 10.0 Å². The number of anilines is 4. The van der Waals surface area contributed by atoms with Gasteiger partial charge in [0.1, 0.15) is 11.6 Å². The molecule has 2 amide bonds. The first-order valence-corrected chi connectivity index (χ1v) is 10.8. The molecule has 2 heterocycles. The fraction of sp³-hybridized carbons (Fsp3) is 0.182. The van der Waals surface area contributed by atoms with Gasteiger partial charge in [-0.25, -0.2) is 0 Å². The third-order valence-electron chi connectivity index (χ3n) is 4.83. The minimum Gasteiger partial charge on any atom is -0.494 e. The molecule has 1 aromatic heterocycles. The minimum atomic E-state index is -1.01. The van der Waals surface area contributed by atoms with Crippen molar-refractivity contribution in [2.75, 3.05) is 22.6 Å².